The Hall–Kier alpha value is -1.38. The number of nitrogens with zero attached hydrogens (tertiary/aromatic N) is 4. The Labute approximate surface area is 122 Å². The molecule has 0 amide bonds. The number of sulfonamides is 1. The molecule has 0 aliphatic carbocycles. The Morgan fingerprint density at radius 3 is 2.65 bits per heavy atom. The van der Waals surface area contributed by atoms with E-state index in [1.807, 2.05) is 6.92 Å². The molecule has 0 unspecified atom stereocenters. The molecule has 2 aromatic heterocycles. The molecule has 2 rings (SSSR count). The van der Waals surface area contributed by atoms with Crippen molar-refractivity contribution < 1.29 is 8.42 Å². The number of nitrogens with one attached hydrogen (secondary N) is 1. The van der Waals surface area contributed by atoms with Gasteiger partial charge in [0.15, 0.2) is 0 Å². The Bertz CT molecular complexity index is 691. The molecule has 0 radical (unpaired) electrons. The lowest BCUT2D eigenvalue weighted by atomic mass is 10.5. The van der Waals surface area contributed by atoms with E-state index in [0.717, 1.165) is 0 Å². The molecule has 110 valence electrons. The molecule has 20 heavy (non-hydrogen) atoms. The van der Waals surface area contributed by atoms with E-state index in [4.69, 9.17) is 11.6 Å². The summed E-state index contributed by atoms with van der Waals surface area (Å²) < 4.78 is 30.0. The third-order valence-corrected chi connectivity index (χ3v) is 4.51. The molecular weight excluding hydrogens is 302 g/mol. The van der Waals surface area contributed by atoms with Gasteiger partial charge in [-0.3, -0.25) is 9.36 Å². The maximum Gasteiger partial charge on any atom is 0.244 e. The molecule has 7 nitrogen and oxygen atoms in total. The lowest BCUT2D eigenvalue weighted by molar-refractivity contribution is 0.560. The second kappa shape index (κ2) is 5.94. The molecule has 0 aromatic carbocycles. The van der Waals surface area contributed by atoms with Crippen molar-refractivity contribution in [3.05, 3.63) is 29.3 Å². The van der Waals surface area contributed by atoms with Crippen LogP contribution >= 0.6 is 11.6 Å². The van der Waals surface area contributed by atoms with Gasteiger partial charge in [-0.05, 0) is 13.8 Å². The Balaban J connectivity index is 2.01. The first-order valence-corrected chi connectivity index (χ1v) is 8.00. The minimum absolute atomic E-state index is 0.206. The van der Waals surface area contributed by atoms with Gasteiger partial charge in [0.1, 0.15) is 4.90 Å². The first kappa shape index (κ1) is 15.0. The highest BCUT2D eigenvalue weighted by molar-refractivity contribution is 7.89. The molecule has 0 saturated carbocycles. The average Bonchev–Trinajstić information content (AvgIpc) is 2.95. The molecule has 9 heteroatoms. The summed E-state index contributed by atoms with van der Waals surface area (Å²) in [6, 6.07) is 0. The maximum atomic E-state index is 12.2. The zero-order valence-electron chi connectivity index (χ0n) is 11.2. The van der Waals surface area contributed by atoms with Gasteiger partial charge in [0.2, 0.25) is 10.0 Å². The van der Waals surface area contributed by atoms with Crippen molar-refractivity contribution >= 4 is 21.6 Å². The van der Waals surface area contributed by atoms with Crippen molar-refractivity contribution in [1.29, 1.82) is 0 Å². The summed E-state index contributed by atoms with van der Waals surface area (Å²) in [6.45, 7) is 4.85. The smallest absolute Gasteiger partial charge is 0.244 e. The monoisotopic (exact) mass is 317 g/mol. The minimum atomic E-state index is -3.55. The van der Waals surface area contributed by atoms with Crippen molar-refractivity contribution in [3.8, 4) is 0 Å². The number of aryl methyl sites for hydroxylation is 2. The van der Waals surface area contributed by atoms with E-state index in [2.05, 4.69) is 14.9 Å². The molecule has 0 aliphatic heterocycles. The van der Waals surface area contributed by atoms with Crippen LogP contribution in [0.25, 0.3) is 0 Å². The average molecular weight is 318 g/mol. The minimum Gasteiger partial charge on any atom is -0.271 e. The SMILES string of the molecule is CCn1cc(S(=O)(=O)NCCn2cc(Cl)cn2)c(C)n1. The van der Waals surface area contributed by atoms with E-state index in [1.165, 1.54) is 12.4 Å². The highest BCUT2D eigenvalue weighted by Gasteiger charge is 2.19. The second-order valence-corrected chi connectivity index (χ2v) is 6.43. The quantitative estimate of drug-likeness (QED) is 0.863. The number of halogens is 1. The van der Waals surface area contributed by atoms with Crippen molar-refractivity contribution in [2.45, 2.75) is 31.8 Å². The highest BCUT2D eigenvalue weighted by atomic mass is 35.5. The highest BCUT2D eigenvalue weighted by Crippen LogP contribution is 2.12. The zero-order valence-corrected chi connectivity index (χ0v) is 12.8. The Kier molecular flexibility index (Phi) is 4.46. The van der Waals surface area contributed by atoms with Gasteiger partial charge in [-0.2, -0.15) is 10.2 Å². The third-order valence-electron chi connectivity index (χ3n) is 2.75. The van der Waals surface area contributed by atoms with Crippen LogP contribution in [0.1, 0.15) is 12.6 Å². The fraction of sp³-hybridized carbons (Fsp3) is 0.455. The van der Waals surface area contributed by atoms with Crippen LogP contribution in [-0.4, -0.2) is 34.5 Å². The van der Waals surface area contributed by atoms with Gasteiger partial charge in [0, 0.05) is 25.5 Å². The molecule has 0 atom stereocenters. The van der Waals surface area contributed by atoms with E-state index < -0.39 is 10.0 Å². The topological polar surface area (TPSA) is 81.8 Å². The summed E-state index contributed by atoms with van der Waals surface area (Å²) in [6.07, 6.45) is 4.67. The van der Waals surface area contributed by atoms with Crippen LogP contribution in [-0.2, 0) is 23.1 Å². The van der Waals surface area contributed by atoms with Gasteiger partial charge >= 0.3 is 0 Å². The van der Waals surface area contributed by atoms with E-state index >= 15 is 0 Å². The van der Waals surface area contributed by atoms with Crippen LogP contribution in [0.5, 0.6) is 0 Å². The molecule has 0 saturated heterocycles. The van der Waals surface area contributed by atoms with Gasteiger partial charge in [-0.15, -0.1) is 0 Å². The summed E-state index contributed by atoms with van der Waals surface area (Å²) >= 11 is 5.73. The normalized spacial score (nSPS) is 11.9. The van der Waals surface area contributed by atoms with Gasteiger partial charge in [0.25, 0.3) is 0 Å². The van der Waals surface area contributed by atoms with Crippen LogP contribution < -0.4 is 4.72 Å². The molecule has 1 N–H and O–H groups in total. The van der Waals surface area contributed by atoms with Crippen LogP contribution in [0.4, 0.5) is 0 Å². The number of aromatic nitrogens is 4. The molecule has 2 aromatic rings. The Morgan fingerprint density at radius 2 is 2.10 bits per heavy atom. The number of hydrogen-bond donors (Lipinski definition) is 1. The van der Waals surface area contributed by atoms with Crippen molar-refractivity contribution in [3.63, 3.8) is 0 Å². The summed E-state index contributed by atoms with van der Waals surface area (Å²) in [7, 11) is -3.55. The second-order valence-electron chi connectivity index (χ2n) is 4.25. The fourth-order valence-corrected chi connectivity index (χ4v) is 3.12. The fourth-order valence-electron chi connectivity index (χ4n) is 1.76. The first-order chi connectivity index (χ1) is 9.42. The van der Waals surface area contributed by atoms with Gasteiger partial charge < -0.3 is 0 Å². The molecule has 0 bridgehead atoms. The molecule has 0 fully saturated rings. The predicted molar refractivity (Wildman–Crippen MR) is 75.1 cm³/mol. The number of hydrogen-bond acceptors (Lipinski definition) is 4. The van der Waals surface area contributed by atoms with Gasteiger partial charge in [0.05, 0.1) is 23.5 Å². The van der Waals surface area contributed by atoms with Crippen LogP contribution in [0.15, 0.2) is 23.5 Å². The first-order valence-electron chi connectivity index (χ1n) is 6.14. The van der Waals surface area contributed by atoms with Crippen LogP contribution in [0, 0.1) is 6.92 Å². The van der Waals surface area contributed by atoms with E-state index in [1.54, 1.807) is 22.5 Å². The van der Waals surface area contributed by atoms with Gasteiger partial charge in [-0.1, -0.05) is 11.6 Å². The van der Waals surface area contributed by atoms with Crippen molar-refractivity contribution in [2.75, 3.05) is 6.54 Å². The van der Waals surface area contributed by atoms with Crippen molar-refractivity contribution in [2.24, 2.45) is 0 Å². The van der Waals surface area contributed by atoms with Crippen molar-refractivity contribution in [1.82, 2.24) is 24.3 Å². The molecule has 0 aliphatic rings. The van der Waals surface area contributed by atoms with Crippen LogP contribution in [0.2, 0.25) is 5.02 Å². The van der Waals surface area contributed by atoms with E-state index in [9.17, 15) is 8.42 Å². The lowest BCUT2D eigenvalue weighted by Crippen LogP contribution is -2.27. The van der Waals surface area contributed by atoms with Gasteiger partial charge in [-0.25, -0.2) is 13.1 Å². The summed E-state index contributed by atoms with van der Waals surface area (Å²) in [4.78, 5) is 0.206. The maximum absolute atomic E-state index is 12.2. The number of rotatable bonds is 6. The predicted octanol–water partition coefficient (Wildman–Crippen LogP) is 1.04. The third kappa shape index (κ3) is 3.38. The lowest BCUT2D eigenvalue weighted by Gasteiger charge is -2.05. The standard InChI is InChI=1S/C11H16ClN5O2S/c1-3-16-8-11(9(2)15-16)20(18,19)14-4-5-17-7-10(12)6-13-17/h6-8,14H,3-5H2,1-2H3. The van der Waals surface area contributed by atoms with E-state index in [0.29, 0.717) is 23.8 Å². The van der Waals surface area contributed by atoms with E-state index in [-0.39, 0.29) is 11.4 Å². The summed E-state index contributed by atoms with van der Waals surface area (Å²) in [5, 5.41) is 8.63. The summed E-state index contributed by atoms with van der Waals surface area (Å²) in [5.74, 6) is 0. The largest absolute Gasteiger partial charge is 0.271 e. The van der Waals surface area contributed by atoms with Crippen LogP contribution in [0.3, 0.4) is 0 Å². The summed E-state index contributed by atoms with van der Waals surface area (Å²) in [5.41, 5.74) is 0.487. The molecular formula is C11H16ClN5O2S. The molecule has 2 heterocycles. The molecule has 0 spiro atoms. The Morgan fingerprint density at radius 1 is 1.35 bits per heavy atom. The zero-order chi connectivity index (χ0) is 14.8.